The summed E-state index contributed by atoms with van der Waals surface area (Å²) in [6, 6.07) is 4.80. The largest absolute Gasteiger partial charge is 0.384 e. The molecule has 0 fully saturated rings. The molecule has 1 nitrogen and oxygen atoms in total. The van der Waals surface area contributed by atoms with E-state index in [1.807, 2.05) is 0 Å². The average Bonchev–Trinajstić information content (AvgIpc) is 2.89. The number of hydrogen-bond acceptors (Lipinski definition) is 1. The average molecular weight is 616 g/mol. The fourth-order valence-electron chi connectivity index (χ4n) is 8.35. The van der Waals surface area contributed by atoms with Crippen LogP contribution in [-0.4, -0.2) is 22.7 Å². The van der Waals surface area contributed by atoms with Crippen LogP contribution in [0, 0.1) is 43.7 Å². The summed E-state index contributed by atoms with van der Waals surface area (Å²) < 4.78 is 0. The molecule has 0 atom stereocenters. The lowest BCUT2D eigenvalue weighted by molar-refractivity contribution is 0.744. The predicted octanol–water partition coefficient (Wildman–Crippen LogP) is 12.5. The standard InChI is InChI=1S/C40H65NSi2/c1-17-18-19-22-41-40-26-39-34(15)36(20-23-42(27(2)3,28(4)5)29(6)7)33(14)25-38(39)35(16)37(40)21-24-43(30(8)9,31(10)11)32(12)13/h25-32,41H,17-19,22H2,1-16H3. The normalized spacial score (nSPS) is 12.5. The molecular weight excluding hydrogens is 551 g/mol. The molecule has 0 saturated heterocycles. The Morgan fingerprint density at radius 1 is 0.581 bits per heavy atom. The van der Waals surface area contributed by atoms with E-state index in [1.54, 1.807) is 0 Å². The minimum atomic E-state index is -1.86. The van der Waals surface area contributed by atoms with Crippen molar-refractivity contribution in [2.75, 3.05) is 11.9 Å². The van der Waals surface area contributed by atoms with Crippen LogP contribution in [0.5, 0.6) is 0 Å². The van der Waals surface area contributed by atoms with Gasteiger partial charge in [-0.1, -0.05) is 115 Å². The number of nitrogens with one attached hydrogen (secondary N) is 1. The van der Waals surface area contributed by atoms with E-state index in [1.165, 1.54) is 63.5 Å². The number of hydrogen-bond donors (Lipinski definition) is 1. The van der Waals surface area contributed by atoms with E-state index in [0.29, 0.717) is 33.2 Å². The highest BCUT2D eigenvalue weighted by atomic mass is 28.3. The van der Waals surface area contributed by atoms with Gasteiger partial charge < -0.3 is 5.32 Å². The molecule has 0 radical (unpaired) electrons. The summed E-state index contributed by atoms with van der Waals surface area (Å²) in [5.41, 5.74) is 19.3. The van der Waals surface area contributed by atoms with Gasteiger partial charge >= 0.3 is 0 Å². The van der Waals surface area contributed by atoms with Crippen LogP contribution in [0.3, 0.4) is 0 Å². The quantitative estimate of drug-likeness (QED) is 0.151. The highest BCUT2D eigenvalue weighted by molar-refractivity contribution is 6.91. The van der Waals surface area contributed by atoms with Gasteiger partial charge in [0.25, 0.3) is 0 Å². The monoisotopic (exact) mass is 615 g/mol. The van der Waals surface area contributed by atoms with Crippen molar-refractivity contribution in [2.45, 2.75) is 163 Å². The third-order valence-electron chi connectivity index (χ3n) is 10.8. The summed E-state index contributed by atoms with van der Waals surface area (Å²) in [5, 5.41) is 6.50. The molecule has 0 unspecified atom stereocenters. The van der Waals surface area contributed by atoms with Crippen molar-refractivity contribution in [1.82, 2.24) is 0 Å². The molecule has 0 heterocycles. The molecule has 0 aliphatic rings. The number of anilines is 1. The first kappa shape index (κ1) is 37.2. The first-order chi connectivity index (χ1) is 20.0. The van der Waals surface area contributed by atoms with Gasteiger partial charge in [-0.2, -0.15) is 0 Å². The van der Waals surface area contributed by atoms with E-state index < -0.39 is 16.1 Å². The van der Waals surface area contributed by atoms with E-state index in [4.69, 9.17) is 0 Å². The maximum Gasteiger partial charge on any atom is 0.146 e. The zero-order valence-electron chi connectivity index (χ0n) is 30.9. The molecule has 0 spiro atoms. The van der Waals surface area contributed by atoms with Gasteiger partial charge in [0.2, 0.25) is 0 Å². The summed E-state index contributed by atoms with van der Waals surface area (Å²) >= 11 is 0. The van der Waals surface area contributed by atoms with Crippen molar-refractivity contribution in [3.63, 3.8) is 0 Å². The minimum absolute atomic E-state index is 0.616. The Morgan fingerprint density at radius 2 is 0.977 bits per heavy atom. The zero-order chi connectivity index (χ0) is 32.9. The summed E-state index contributed by atoms with van der Waals surface area (Å²) in [7, 11) is -3.68. The number of unbranched alkanes of at least 4 members (excludes halogenated alkanes) is 2. The molecule has 43 heavy (non-hydrogen) atoms. The fraction of sp³-hybridized carbons (Fsp3) is 0.650. The zero-order valence-corrected chi connectivity index (χ0v) is 32.9. The van der Waals surface area contributed by atoms with Crippen LogP contribution >= 0.6 is 0 Å². The Kier molecular flexibility index (Phi) is 13.3. The molecule has 2 aromatic rings. The molecular formula is C40H65NSi2. The summed E-state index contributed by atoms with van der Waals surface area (Å²) in [6.45, 7) is 38.9. The van der Waals surface area contributed by atoms with Gasteiger partial charge in [-0.3, -0.25) is 0 Å². The van der Waals surface area contributed by atoms with Crippen molar-refractivity contribution >= 4 is 32.6 Å². The maximum atomic E-state index is 4.04. The summed E-state index contributed by atoms with van der Waals surface area (Å²) in [5.74, 6) is 7.69. The van der Waals surface area contributed by atoms with Crippen molar-refractivity contribution in [3.05, 3.63) is 39.9 Å². The van der Waals surface area contributed by atoms with Gasteiger partial charge in [0, 0.05) is 12.1 Å². The topological polar surface area (TPSA) is 12.0 Å². The van der Waals surface area contributed by atoms with Gasteiger partial charge in [-0.25, -0.2) is 0 Å². The fourth-order valence-corrected chi connectivity index (χ4v) is 18.8. The van der Waals surface area contributed by atoms with E-state index >= 15 is 0 Å². The van der Waals surface area contributed by atoms with Crippen LogP contribution in [0.1, 0.15) is 137 Å². The second-order valence-corrected chi connectivity index (χ2v) is 26.3. The summed E-state index contributed by atoms with van der Waals surface area (Å²) in [6.07, 6.45) is 3.65. The van der Waals surface area contributed by atoms with Crippen molar-refractivity contribution in [2.24, 2.45) is 0 Å². The third kappa shape index (κ3) is 7.48. The van der Waals surface area contributed by atoms with Gasteiger partial charge in [0.05, 0.1) is 11.3 Å². The van der Waals surface area contributed by atoms with Crippen LogP contribution in [0.2, 0.25) is 33.2 Å². The van der Waals surface area contributed by atoms with E-state index in [9.17, 15) is 0 Å². The van der Waals surface area contributed by atoms with Crippen LogP contribution in [0.25, 0.3) is 10.8 Å². The molecule has 2 aromatic carbocycles. The van der Waals surface area contributed by atoms with Gasteiger partial charge in [-0.15, -0.1) is 11.1 Å². The first-order valence-corrected chi connectivity index (χ1v) is 21.8. The Bertz CT molecular complexity index is 1330. The Morgan fingerprint density at radius 3 is 1.40 bits per heavy atom. The molecule has 0 aliphatic heterocycles. The molecule has 0 saturated carbocycles. The number of aryl methyl sites for hydroxylation is 3. The molecule has 238 valence electrons. The van der Waals surface area contributed by atoms with Crippen LogP contribution < -0.4 is 5.32 Å². The number of benzene rings is 2. The highest BCUT2D eigenvalue weighted by Gasteiger charge is 2.42. The van der Waals surface area contributed by atoms with Crippen molar-refractivity contribution in [1.29, 1.82) is 0 Å². The van der Waals surface area contributed by atoms with Gasteiger partial charge in [0.1, 0.15) is 16.1 Å². The predicted molar refractivity (Wildman–Crippen MR) is 202 cm³/mol. The number of fused-ring (bicyclic) bond motifs is 1. The van der Waals surface area contributed by atoms with Crippen molar-refractivity contribution in [3.8, 4) is 22.9 Å². The highest BCUT2D eigenvalue weighted by Crippen LogP contribution is 2.42. The van der Waals surface area contributed by atoms with E-state index in [0.717, 1.165) is 6.54 Å². The third-order valence-corrected chi connectivity index (χ3v) is 23.4. The maximum absolute atomic E-state index is 4.04. The van der Waals surface area contributed by atoms with Crippen LogP contribution in [-0.2, 0) is 0 Å². The smallest absolute Gasteiger partial charge is 0.146 e. The lowest BCUT2D eigenvalue weighted by Crippen LogP contribution is -2.43. The Hall–Kier alpha value is -1.95. The number of rotatable bonds is 11. The molecule has 1 N–H and O–H groups in total. The molecule has 2 rings (SSSR count). The minimum Gasteiger partial charge on any atom is -0.384 e. The molecule has 0 bridgehead atoms. The second kappa shape index (κ2) is 15.4. The molecule has 3 heteroatoms. The Labute approximate surface area is 269 Å². The lowest BCUT2D eigenvalue weighted by Gasteiger charge is -2.38. The SMILES string of the molecule is CCCCCNc1cc2c(C)c(C#C[Si](C(C)C)(C(C)C)C(C)C)c(C)cc2c(C)c1C#C[Si](C(C)C)(C(C)C)C(C)C. The lowest BCUT2D eigenvalue weighted by atomic mass is 9.90. The van der Waals surface area contributed by atoms with Gasteiger partial charge in [-0.05, 0) is 100 Å². The first-order valence-electron chi connectivity index (χ1n) is 17.4. The molecule has 0 aromatic heterocycles. The summed E-state index contributed by atoms with van der Waals surface area (Å²) in [4.78, 5) is 0. The van der Waals surface area contributed by atoms with Crippen molar-refractivity contribution < 1.29 is 0 Å². The van der Waals surface area contributed by atoms with Crippen LogP contribution in [0.4, 0.5) is 5.69 Å². The Balaban J connectivity index is 2.92. The molecule has 0 aliphatic carbocycles. The second-order valence-electron chi connectivity index (χ2n) is 15.1. The van der Waals surface area contributed by atoms with E-state index in [2.05, 4.69) is 151 Å². The van der Waals surface area contributed by atoms with Gasteiger partial charge in [0.15, 0.2) is 0 Å². The molecule has 0 amide bonds. The van der Waals surface area contributed by atoms with E-state index in [-0.39, 0.29) is 0 Å². The van der Waals surface area contributed by atoms with Crippen LogP contribution in [0.15, 0.2) is 12.1 Å².